The number of hydrogen-bond donors (Lipinski definition) is 3. The second-order valence-electron chi connectivity index (χ2n) is 5.83. The molecule has 8 heteroatoms. The van der Waals surface area contributed by atoms with Gasteiger partial charge in [-0.15, -0.1) is 0 Å². The molecule has 1 aliphatic rings. The summed E-state index contributed by atoms with van der Waals surface area (Å²) in [5.74, 6) is 1.68. The lowest BCUT2D eigenvalue weighted by atomic mass is 9.77. The van der Waals surface area contributed by atoms with Gasteiger partial charge in [0.05, 0.1) is 5.39 Å². The molecule has 0 bridgehead atoms. The van der Waals surface area contributed by atoms with Crippen LogP contribution in [0.1, 0.15) is 25.7 Å². The summed E-state index contributed by atoms with van der Waals surface area (Å²) in [6.07, 6.45) is 7.81. The minimum atomic E-state index is -1.89. The molecule has 120 valence electrons. The van der Waals surface area contributed by atoms with Crippen molar-refractivity contribution >= 4 is 28.1 Å². The summed E-state index contributed by atoms with van der Waals surface area (Å²) in [7, 11) is 2.09. The quantitative estimate of drug-likeness (QED) is 0.532. The van der Waals surface area contributed by atoms with Gasteiger partial charge in [-0.3, -0.25) is 4.55 Å². The molecule has 2 aromatic rings. The molecule has 1 fully saturated rings. The first-order valence-electron chi connectivity index (χ1n) is 7.50. The molecular weight excluding hydrogens is 302 g/mol. The summed E-state index contributed by atoms with van der Waals surface area (Å²) in [6.45, 7) is 0.593. The molecule has 0 aliphatic heterocycles. The van der Waals surface area contributed by atoms with Crippen LogP contribution >= 0.6 is 0 Å². The van der Waals surface area contributed by atoms with E-state index in [4.69, 9.17) is 4.55 Å². The Bertz CT molecular complexity index is 655. The standard InChI is InChI=1S/C14H21N5O2S/c1-19(14-12-4-6-15-13(12)16-9-17-14)11-7-10(8-11)3-2-5-18-22(20)21/h4,6,9-11,18H,2-3,5,7-8H2,1H3,(H,20,21)(H,15,16,17). The number of fused-ring (bicyclic) bond motifs is 1. The molecule has 2 heterocycles. The lowest BCUT2D eigenvalue weighted by molar-refractivity contribution is 0.239. The molecule has 0 spiro atoms. The Morgan fingerprint density at radius 3 is 3.09 bits per heavy atom. The lowest BCUT2D eigenvalue weighted by Gasteiger charge is -2.42. The van der Waals surface area contributed by atoms with Gasteiger partial charge < -0.3 is 9.88 Å². The van der Waals surface area contributed by atoms with Crippen molar-refractivity contribution in [3.05, 3.63) is 18.6 Å². The van der Waals surface area contributed by atoms with E-state index in [2.05, 4.69) is 31.6 Å². The van der Waals surface area contributed by atoms with Gasteiger partial charge in [0.2, 0.25) is 11.3 Å². The van der Waals surface area contributed by atoms with E-state index in [0.29, 0.717) is 18.5 Å². The fourth-order valence-corrected chi connectivity index (χ4v) is 3.43. The molecule has 22 heavy (non-hydrogen) atoms. The van der Waals surface area contributed by atoms with Crippen LogP contribution in [0.3, 0.4) is 0 Å². The fourth-order valence-electron chi connectivity index (χ4n) is 3.12. The summed E-state index contributed by atoms with van der Waals surface area (Å²) >= 11 is -1.89. The Morgan fingerprint density at radius 1 is 1.50 bits per heavy atom. The van der Waals surface area contributed by atoms with Gasteiger partial charge in [-0.25, -0.2) is 18.9 Å². The summed E-state index contributed by atoms with van der Waals surface area (Å²) in [5, 5.41) is 1.06. The van der Waals surface area contributed by atoms with E-state index in [1.54, 1.807) is 6.33 Å². The second kappa shape index (κ2) is 6.72. The Kier molecular flexibility index (Phi) is 4.70. The third-order valence-electron chi connectivity index (χ3n) is 4.44. The van der Waals surface area contributed by atoms with Crippen molar-refractivity contribution in [2.75, 3.05) is 18.5 Å². The van der Waals surface area contributed by atoms with E-state index < -0.39 is 11.3 Å². The predicted molar refractivity (Wildman–Crippen MR) is 86.8 cm³/mol. The van der Waals surface area contributed by atoms with E-state index in [9.17, 15) is 4.21 Å². The van der Waals surface area contributed by atoms with Crippen molar-refractivity contribution in [3.63, 3.8) is 0 Å². The van der Waals surface area contributed by atoms with Crippen molar-refractivity contribution in [1.29, 1.82) is 0 Å². The highest BCUT2D eigenvalue weighted by molar-refractivity contribution is 7.77. The fraction of sp³-hybridized carbons (Fsp3) is 0.571. The van der Waals surface area contributed by atoms with Gasteiger partial charge in [0, 0.05) is 25.8 Å². The zero-order valence-electron chi connectivity index (χ0n) is 12.5. The van der Waals surface area contributed by atoms with Crippen LogP contribution in [0.15, 0.2) is 18.6 Å². The van der Waals surface area contributed by atoms with Crippen LogP contribution in [0, 0.1) is 5.92 Å². The summed E-state index contributed by atoms with van der Waals surface area (Å²) < 4.78 is 21.7. The van der Waals surface area contributed by atoms with Crippen LogP contribution in [0.25, 0.3) is 11.0 Å². The van der Waals surface area contributed by atoms with Crippen LogP contribution in [-0.4, -0.2) is 43.3 Å². The SMILES string of the molecule is CN(c1ncnc2[nH]ccc12)C1CC(CCCNS(=O)O)C1. The number of hydrogen-bond acceptors (Lipinski definition) is 4. The maximum atomic E-state index is 10.5. The Balaban J connectivity index is 1.50. The topological polar surface area (TPSA) is 94.1 Å². The van der Waals surface area contributed by atoms with Crippen LogP contribution in [0.5, 0.6) is 0 Å². The maximum absolute atomic E-state index is 10.5. The van der Waals surface area contributed by atoms with Gasteiger partial charge in [-0.1, -0.05) is 0 Å². The molecule has 3 N–H and O–H groups in total. The molecule has 0 radical (unpaired) electrons. The highest BCUT2D eigenvalue weighted by Gasteiger charge is 2.32. The zero-order chi connectivity index (χ0) is 15.5. The smallest absolute Gasteiger partial charge is 0.231 e. The van der Waals surface area contributed by atoms with Gasteiger partial charge >= 0.3 is 0 Å². The van der Waals surface area contributed by atoms with Crippen molar-refractivity contribution in [2.45, 2.75) is 31.7 Å². The van der Waals surface area contributed by atoms with Gasteiger partial charge in [0.15, 0.2) is 0 Å². The normalized spacial score (nSPS) is 22.5. The zero-order valence-corrected chi connectivity index (χ0v) is 13.3. The first-order valence-corrected chi connectivity index (χ1v) is 8.61. The molecule has 2 aromatic heterocycles. The number of aromatic amines is 1. The molecule has 7 nitrogen and oxygen atoms in total. The number of anilines is 1. The third kappa shape index (κ3) is 3.29. The highest BCUT2D eigenvalue weighted by Crippen LogP contribution is 2.37. The number of H-pyrrole nitrogens is 1. The molecule has 1 aliphatic carbocycles. The van der Waals surface area contributed by atoms with Crippen molar-refractivity contribution in [1.82, 2.24) is 19.7 Å². The van der Waals surface area contributed by atoms with E-state index in [-0.39, 0.29) is 0 Å². The van der Waals surface area contributed by atoms with Gasteiger partial charge in [0.25, 0.3) is 0 Å². The summed E-state index contributed by atoms with van der Waals surface area (Å²) in [6, 6.07) is 2.52. The van der Waals surface area contributed by atoms with Crippen molar-refractivity contribution < 1.29 is 8.76 Å². The van der Waals surface area contributed by atoms with E-state index in [1.165, 1.54) is 0 Å². The average Bonchev–Trinajstić information content (AvgIpc) is 2.92. The van der Waals surface area contributed by atoms with Gasteiger partial charge in [-0.2, -0.15) is 0 Å². The first-order chi connectivity index (χ1) is 10.6. The number of nitrogens with zero attached hydrogens (tertiary/aromatic N) is 3. The maximum Gasteiger partial charge on any atom is 0.231 e. The van der Waals surface area contributed by atoms with Crippen molar-refractivity contribution in [3.8, 4) is 0 Å². The predicted octanol–water partition coefficient (Wildman–Crippen LogP) is 1.68. The van der Waals surface area contributed by atoms with E-state index >= 15 is 0 Å². The molecule has 0 amide bonds. The first kappa shape index (κ1) is 15.4. The number of aromatic nitrogens is 3. The average molecular weight is 323 g/mol. The van der Waals surface area contributed by atoms with Gasteiger partial charge in [0.1, 0.15) is 17.8 Å². The molecule has 3 rings (SSSR count). The molecule has 0 aromatic carbocycles. The molecule has 1 atom stereocenters. The van der Waals surface area contributed by atoms with E-state index in [1.807, 2.05) is 12.3 Å². The van der Waals surface area contributed by atoms with Gasteiger partial charge in [-0.05, 0) is 37.7 Å². The largest absolute Gasteiger partial charge is 0.356 e. The molecule has 1 saturated carbocycles. The lowest BCUT2D eigenvalue weighted by Crippen LogP contribution is -2.43. The summed E-state index contributed by atoms with van der Waals surface area (Å²) in [4.78, 5) is 14.0. The van der Waals surface area contributed by atoms with Crippen LogP contribution in [-0.2, 0) is 11.3 Å². The number of rotatable bonds is 7. The van der Waals surface area contributed by atoms with Crippen LogP contribution in [0.2, 0.25) is 0 Å². The Labute approximate surface area is 131 Å². The number of nitrogens with one attached hydrogen (secondary N) is 2. The monoisotopic (exact) mass is 323 g/mol. The van der Waals surface area contributed by atoms with Crippen molar-refractivity contribution in [2.24, 2.45) is 5.92 Å². The van der Waals surface area contributed by atoms with Crippen LogP contribution < -0.4 is 9.62 Å². The van der Waals surface area contributed by atoms with Crippen LogP contribution in [0.4, 0.5) is 5.82 Å². The highest BCUT2D eigenvalue weighted by atomic mass is 32.2. The molecular formula is C14H21N5O2S. The minimum absolute atomic E-state index is 0.512. The van der Waals surface area contributed by atoms with E-state index in [0.717, 1.165) is 42.5 Å². The minimum Gasteiger partial charge on any atom is -0.356 e. The second-order valence-corrected chi connectivity index (χ2v) is 6.61. The molecule has 0 saturated heterocycles. The summed E-state index contributed by atoms with van der Waals surface area (Å²) in [5.41, 5.74) is 0.871. The third-order valence-corrected chi connectivity index (χ3v) is 4.89. The Hall–Kier alpha value is -1.51. The Morgan fingerprint density at radius 2 is 2.32 bits per heavy atom. The molecule has 1 unspecified atom stereocenters.